The molecule has 0 aliphatic rings. The molecule has 4 N–H and O–H groups in total. The second kappa shape index (κ2) is 5.96. The van der Waals surface area contributed by atoms with Crippen LogP contribution in [0.25, 0.3) is 0 Å². The summed E-state index contributed by atoms with van der Waals surface area (Å²) in [5.41, 5.74) is 4.75. The summed E-state index contributed by atoms with van der Waals surface area (Å²) in [6.07, 6.45) is -4.72. The fraction of sp³-hybridized carbons (Fsp3) is 0.300. The summed E-state index contributed by atoms with van der Waals surface area (Å²) >= 11 is 5.59. The van der Waals surface area contributed by atoms with E-state index in [1.54, 1.807) is 0 Å². The van der Waals surface area contributed by atoms with E-state index in [4.69, 9.17) is 22.5 Å². The fourth-order valence-corrected chi connectivity index (χ4v) is 1.47. The highest BCUT2D eigenvalue weighted by atomic mass is 35.5. The van der Waals surface area contributed by atoms with E-state index in [1.807, 2.05) is 0 Å². The van der Waals surface area contributed by atoms with Gasteiger partial charge in [-0.3, -0.25) is 0 Å². The van der Waals surface area contributed by atoms with Crippen LogP contribution in [0.2, 0.25) is 5.02 Å². The molecule has 1 aromatic rings. The van der Waals surface area contributed by atoms with Crippen molar-refractivity contribution in [1.29, 1.82) is 0 Å². The molecule has 1 atom stereocenters. The van der Waals surface area contributed by atoms with Crippen molar-refractivity contribution in [1.82, 2.24) is 0 Å². The van der Waals surface area contributed by atoms with Crippen LogP contribution in [-0.2, 0) is 0 Å². The van der Waals surface area contributed by atoms with Crippen LogP contribution in [0.5, 0.6) is 0 Å². The van der Waals surface area contributed by atoms with E-state index in [9.17, 15) is 17.6 Å². The Bertz CT molecular complexity index is 478. The molecule has 1 rings (SSSR count). The third kappa shape index (κ3) is 4.16. The van der Waals surface area contributed by atoms with Gasteiger partial charge in [0.15, 0.2) is 5.84 Å². The van der Waals surface area contributed by atoms with Gasteiger partial charge >= 0.3 is 6.18 Å². The Hall–Kier alpha value is -1.70. The minimum absolute atomic E-state index is 0.163. The number of anilines is 1. The van der Waals surface area contributed by atoms with Crippen LogP contribution in [0.1, 0.15) is 0 Å². The summed E-state index contributed by atoms with van der Waals surface area (Å²) in [6, 6.07) is 3.40. The monoisotopic (exact) mass is 299 g/mol. The number of nitrogens with one attached hydrogen (secondary N) is 1. The van der Waals surface area contributed by atoms with Crippen molar-refractivity contribution >= 4 is 23.1 Å². The molecule has 0 heterocycles. The molecule has 0 saturated carbocycles. The van der Waals surface area contributed by atoms with E-state index in [0.29, 0.717) is 0 Å². The van der Waals surface area contributed by atoms with Crippen LogP contribution in [0.4, 0.5) is 23.2 Å². The lowest BCUT2D eigenvalue weighted by Crippen LogP contribution is -2.40. The summed E-state index contributed by atoms with van der Waals surface area (Å²) in [6.45, 7) is -0.781. The number of nitrogens with two attached hydrogens (primary N) is 1. The summed E-state index contributed by atoms with van der Waals surface area (Å²) < 4.78 is 51.1. The second-order valence-electron chi connectivity index (χ2n) is 3.62. The molecular weight excluding hydrogens is 290 g/mol. The van der Waals surface area contributed by atoms with Gasteiger partial charge in [0.2, 0.25) is 0 Å². The van der Waals surface area contributed by atoms with Gasteiger partial charge in [0, 0.05) is 11.6 Å². The Morgan fingerprint density at radius 3 is 2.63 bits per heavy atom. The van der Waals surface area contributed by atoms with E-state index >= 15 is 0 Å². The quantitative estimate of drug-likeness (QED) is 0.263. The zero-order chi connectivity index (χ0) is 14.6. The SMILES string of the molecule is N/C(=N/O)C(CNc1cc(Cl)ccc1F)C(F)(F)F. The zero-order valence-corrected chi connectivity index (χ0v) is 10.1. The Labute approximate surface area is 110 Å². The summed E-state index contributed by atoms with van der Waals surface area (Å²) in [4.78, 5) is 0. The first-order chi connectivity index (χ1) is 8.75. The number of alkyl halides is 3. The third-order valence-corrected chi connectivity index (χ3v) is 2.53. The van der Waals surface area contributed by atoms with Crippen LogP contribution in [-0.4, -0.2) is 23.8 Å². The molecule has 1 aromatic carbocycles. The normalized spacial score (nSPS) is 14.3. The fourth-order valence-electron chi connectivity index (χ4n) is 1.30. The molecule has 0 aliphatic carbocycles. The van der Waals surface area contributed by atoms with Gasteiger partial charge in [-0.2, -0.15) is 13.2 Å². The van der Waals surface area contributed by atoms with Crippen molar-refractivity contribution in [3.63, 3.8) is 0 Å². The summed E-state index contributed by atoms with van der Waals surface area (Å²) in [7, 11) is 0. The number of halogens is 5. The Morgan fingerprint density at radius 2 is 2.11 bits per heavy atom. The molecule has 1 unspecified atom stereocenters. The van der Waals surface area contributed by atoms with Gasteiger partial charge < -0.3 is 16.3 Å². The standard InChI is InChI=1S/C10H10ClF4N3O/c11-5-1-2-7(12)8(3-5)17-4-6(9(16)18-19)10(13,14)15/h1-3,6,17,19H,4H2,(H2,16,18). The van der Waals surface area contributed by atoms with E-state index < -0.39 is 30.3 Å². The largest absolute Gasteiger partial charge is 0.409 e. The van der Waals surface area contributed by atoms with E-state index in [0.717, 1.165) is 12.1 Å². The minimum Gasteiger partial charge on any atom is -0.409 e. The molecule has 106 valence electrons. The molecule has 9 heteroatoms. The van der Waals surface area contributed by atoms with Crippen molar-refractivity contribution in [3.05, 3.63) is 29.0 Å². The molecular formula is C10H10ClF4N3O. The number of nitrogens with zero attached hydrogens (tertiary/aromatic N) is 1. The third-order valence-electron chi connectivity index (χ3n) is 2.29. The van der Waals surface area contributed by atoms with E-state index in [2.05, 4.69) is 10.5 Å². The van der Waals surface area contributed by atoms with Crippen molar-refractivity contribution in [2.75, 3.05) is 11.9 Å². The smallest absolute Gasteiger partial charge is 0.400 e. The highest BCUT2D eigenvalue weighted by Gasteiger charge is 2.42. The van der Waals surface area contributed by atoms with Gasteiger partial charge in [-0.1, -0.05) is 16.8 Å². The highest BCUT2D eigenvalue weighted by Crippen LogP contribution is 2.27. The van der Waals surface area contributed by atoms with Gasteiger partial charge in [0.25, 0.3) is 0 Å². The molecule has 0 radical (unpaired) electrons. The summed E-state index contributed by atoms with van der Waals surface area (Å²) in [5, 5.41) is 13.0. The van der Waals surface area contributed by atoms with Gasteiger partial charge in [-0.15, -0.1) is 0 Å². The number of oxime groups is 1. The number of amidine groups is 1. The number of rotatable bonds is 4. The molecule has 0 aromatic heterocycles. The first-order valence-electron chi connectivity index (χ1n) is 4.98. The predicted octanol–water partition coefficient (Wildman–Crippen LogP) is 2.82. The number of benzene rings is 1. The van der Waals surface area contributed by atoms with Crippen LogP contribution in [0.15, 0.2) is 23.4 Å². The maximum absolute atomic E-state index is 13.3. The van der Waals surface area contributed by atoms with Gasteiger partial charge in [0.1, 0.15) is 11.7 Å². The minimum atomic E-state index is -4.72. The molecule has 0 spiro atoms. The van der Waals surface area contributed by atoms with Crippen LogP contribution < -0.4 is 11.1 Å². The van der Waals surface area contributed by atoms with Crippen LogP contribution in [0, 0.1) is 11.7 Å². The van der Waals surface area contributed by atoms with Gasteiger partial charge in [0.05, 0.1) is 5.69 Å². The molecule has 19 heavy (non-hydrogen) atoms. The average molecular weight is 300 g/mol. The molecule has 0 bridgehead atoms. The Kier molecular flexibility index (Phi) is 4.82. The van der Waals surface area contributed by atoms with Crippen LogP contribution >= 0.6 is 11.6 Å². The van der Waals surface area contributed by atoms with Crippen molar-refractivity contribution in [2.45, 2.75) is 6.18 Å². The topological polar surface area (TPSA) is 70.6 Å². The molecule has 4 nitrogen and oxygen atoms in total. The van der Waals surface area contributed by atoms with Crippen LogP contribution in [0.3, 0.4) is 0 Å². The Balaban J connectivity index is 2.85. The lowest BCUT2D eigenvalue weighted by Gasteiger charge is -2.20. The number of hydrogen-bond donors (Lipinski definition) is 3. The maximum atomic E-state index is 13.3. The molecule has 0 fully saturated rings. The van der Waals surface area contributed by atoms with Gasteiger partial charge in [-0.25, -0.2) is 4.39 Å². The van der Waals surface area contributed by atoms with E-state index in [-0.39, 0.29) is 10.7 Å². The lowest BCUT2D eigenvalue weighted by molar-refractivity contribution is -0.152. The number of hydrogen-bond acceptors (Lipinski definition) is 3. The average Bonchev–Trinajstić information content (AvgIpc) is 2.31. The Morgan fingerprint density at radius 1 is 1.47 bits per heavy atom. The molecule has 0 aliphatic heterocycles. The molecule has 0 saturated heterocycles. The van der Waals surface area contributed by atoms with Gasteiger partial charge in [-0.05, 0) is 18.2 Å². The van der Waals surface area contributed by atoms with Crippen molar-refractivity contribution in [2.24, 2.45) is 16.8 Å². The predicted molar refractivity (Wildman–Crippen MR) is 62.9 cm³/mol. The first kappa shape index (κ1) is 15.4. The van der Waals surface area contributed by atoms with Crippen molar-refractivity contribution < 1.29 is 22.8 Å². The van der Waals surface area contributed by atoms with Crippen molar-refractivity contribution in [3.8, 4) is 0 Å². The zero-order valence-electron chi connectivity index (χ0n) is 9.38. The first-order valence-corrected chi connectivity index (χ1v) is 5.36. The lowest BCUT2D eigenvalue weighted by atomic mass is 10.1. The second-order valence-corrected chi connectivity index (χ2v) is 4.06. The molecule has 0 amide bonds. The van der Waals surface area contributed by atoms with E-state index in [1.165, 1.54) is 6.07 Å². The highest BCUT2D eigenvalue weighted by molar-refractivity contribution is 6.30. The summed E-state index contributed by atoms with van der Waals surface area (Å²) in [5.74, 6) is -4.01. The maximum Gasteiger partial charge on any atom is 0.400 e.